The summed E-state index contributed by atoms with van der Waals surface area (Å²) in [7, 11) is 0. The molecule has 0 heterocycles. The predicted octanol–water partition coefficient (Wildman–Crippen LogP) is 3.11. The molecule has 0 aromatic carbocycles. The quantitative estimate of drug-likeness (QED) is 0.762. The Labute approximate surface area is 124 Å². The SMILES string of the molecule is CC(C)COC1CC(NC2CCCCCC2O)C1(C)C. The van der Waals surface area contributed by atoms with E-state index in [1.54, 1.807) is 0 Å². The van der Waals surface area contributed by atoms with Crippen LogP contribution >= 0.6 is 0 Å². The van der Waals surface area contributed by atoms with Crippen molar-refractivity contribution in [3.63, 3.8) is 0 Å². The average molecular weight is 283 g/mol. The lowest BCUT2D eigenvalue weighted by molar-refractivity contribution is -0.128. The van der Waals surface area contributed by atoms with Gasteiger partial charge < -0.3 is 15.2 Å². The first-order valence-corrected chi connectivity index (χ1v) is 8.47. The van der Waals surface area contributed by atoms with Gasteiger partial charge in [-0.1, -0.05) is 47.0 Å². The van der Waals surface area contributed by atoms with E-state index in [-0.39, 0.29) is 17.6 Å². The van der Waals surface area contributed by atoms with E-state index in [2.05, 4.69) is 33.0 Å². The van der Waals surface area contributed by atoms with Gasteiger partial charge in [0.05, 0.1) is 12.2 Å². The fourth-order valence-electron chi connectivity index (χ4n) is 3.50. The van der Waals surface area contributed by atoms with Crippen LogP contribution in [0, 0.1) is 11.3 Å². The Bertz CT molecular complexity index is 303. The van der Waals surface area contributed by atoms with Crippen molar-refractivity contribution >= 4 is 0 Å². The summed E-state index contributed by atoms with van der Waals surface area (Å²) < 4.78 is 6.02. The van der Waals surface area contributed by atoms with Gasteiger partial charge in [0.1, 0.15) is 0 Å². The fourth-order valence-corrected chi connectivity index (χ4v) is 3.50. The van der Waals surface area contributed by atoms with E-state index in [9.17, 15) is 5.11 Å². The third kappa shape index (κ3) is 3.75. The van der Waals surface area contributed by atoms with Crippen molar-refractivity contribution in [1.29, 1.82) is 0 Å². The molecule has 2 fully saturated rings. The summed E-state index contributed by atoms with van der Waals surface area (Å²) in [6, 6.07) is 0.769. The lowest BCUT2D eigenvalue weighted by Gasteiger charge is -2.53. The minimum absolute atomic E-state index is 0.163. The summed E-state index contributed by atoms with van der Waals surface area (Å²) in [5.74, 6) is 0.599. The zero-order valence-electron chi connectivity index (χ0n) is 13.7. The third-order valence-corrected chi connectivity index (χ3v) is 5.20. The summed E-state index contributed by atoms with van der Waals surface area (Å²) >= 11 is 0. The molecule has 0 amide bonds. The summed E-state index contributed by atoms with van der Waals surface area (Å²) in [5.41, 5.74) is 0.181. The van der Waals surface area contributed by atoms with Crippen LogP contribution in [0.25, 0.3) is 0 Å². The fraction of sp³-hybridized carbons (Fsp3) is 1.00. The van der Waals surface area contributed by atoms with E-state index in [1.807, 2.05) is 0 Å². The molecule has 2 N–H and O–H groups in total. The molecule has 3 nitrogen and oxygen atoms in total. The normalized spacial score (nSPS) is 37.5. The minimum Gasteiger partial charge on any atom is -0.392 e. The Morgan fingerprint density at radius 2 is 1.90 bits per heavy atom. The van der Waals surface area contributed by atoms with Gasteiger partial charge in [0, 0.05) is 24.1 Å². The first-order chi connectivity index (χ1) is 9.41. The number of aliphatic hydroxyl groups excluding tert-OH is 1. The van der Waals surface area contributed by atoms with Crippen LogP contribution in [-0.2, 0) is 4.74 Å². The number of ether oxygens (including phenoxy) is 1. The highest BCUT2D eigenvalue weighted by Gasteiger charge is 2.49. The van der Waals surface area contributed by atoms with Gasteiger partial charge in [-0.05, 0) is 25.2 Å². The first-order valence-electron chi connectivity index (χ1n) is 8.47. The first kappa shape index (κ1) is 16.3. The summed E-state index contributed by atoms with van der Waals surface area (Å²) in [4.78, 5) is 0. The molecule has 4 unspecified atom stereocenters. The van der Waals surface area contributed by atoms with Gasteiger partial charge in [0.25, 0.3) is 0 Å². The van der Waals surface area contributed by atoms with Gasteiger partial charge >= 0.3 is 0 Å². The minimum atomic E-state index is -0.163. The molecular formula is C17H33NO2. The maximum Gasteiger partial charge on any atom is 0.0693 e. The largest absolute Gasteiger partial charge is 0.392 e. The van der Waals surface area contributed by atoms with Crippen molar-refractivity contribution in [1.82, 2.24) is 5.32 Å². The Kier molecular flexibility index (Phi) is 5.49. The molecule has 0 radical (unpaired) electrons. The molecule has 2 aliphatic carbocycles. The van der Waals surface area contributed by atoms with Crippen molar-refractivity contribution in [3.8, 4) is 0 Å². The molecule has 0 aromatic heterocycles. The predicted molar refractivity (Wildman–Crippen MR) is 82.8 cm³/mol. The van der Waals surface area contributed by atoms with Gasteiger partial charge in [-0.2, -0.15) is 0 Å². The van der Waals surface area contributed by atoms with Crippen molar-refractivity contribution in [2.75, 3.05) is 6.61 Å². The molecule has 2 saturated carbocycles. The highest BCUT2D eigenvalue weighted by molar-refractivity contribution is 5.04. The molecule has 118 valence electrons. The van der Waals surface area contributed by atoms with Crippen molar-refractivity contribution < 1.29 is 9.84 Å². The summed E-state index contributed by atoms with van der Waals surface area (Å²) in [6.07, 6.45) is 7.05. The molecule has 0 bridgehead atoms. The average Bonchev–Trinajstić information content (AvgIpc) is 2.57. The van der Waals surface area contributed by atoms with E-state index in [0.29, 0.717) is 18.1 Å². The van der Waals surface area contributed by atoms with Gasteiger partial charge in [0.2, 0.25) is 0 Å². The maximum atomic E-state index is 10.2. The van der Waals surface area contributed by atoms with Crippen molar-refractivity contribution in [2.45, 2.75) is 90.5 Å². The number of rotatable bonds is 5. The second-order valence-electron chi connectivity index (χ2n) is 7.80. The van der Waals surface area contributed by atoms with Crippen LogP contribution in [0.3, 0.4) is 0 Å². The Morgan fingerprint density at radius 1 is 1.20 bits per heavy atom. The van der Waals surface area contributed by atoms with Crippen LogP contribution in [-0.4, -0.2) is 36.0 Å². The van der Waals surface area contributed by atoms with E-state index in [4.69, 9.17) is 4.74 Å². The topological polar surface area (TPSA) is 41.5 Å². The molecule has 4 atom stereocenters. The molecule has 0 aromatic rings. The molecule has 3 heteroatoms. The second kappa shape index (κ2) is 6.76. The smallest absolute Gasteiger partial charge is 0.0693 e. The van der Waals surface area contributed by atoms with Crippen molar-refractivity contribution in [2.24, 2.45) is 11.3 Å². The van der Waals surface area contributed by atoms with Crippen LogP contribution in [0.15, 0.2) is 0 Å². The lowest BCUT2D eigenvalue weighted by atomic mass is 9.64. The zero-order chi connectivity index (χ0) is 14.8. The standard InChI is InChI=1S/C17H33NO2/c1-12(2)11-20-16-10-15(17(16,3)4)18-13-8-6-5-7-9-14(13)19/h12-16,18-19H,5-11H2,1-4H3. The number of hydrogen-bond acceptors (Lipinski definition) is 3. The molecular weight excluding hydrogens is 250 g/mol. The van der Waals surface area contributed by atoms with Crippen LogP contribution in [0.5, 0.6) is 0 Å². The van der Waals surface area contributed by atoms with Gasteiger partial charge in [-0.3, -0.25) is 0 Å². The van der Waals surface area contributed by atoms with Crippen LogP contribution in [0.4, 0.5) is 0 Å². The van der Waals surface area contributed by atoms with E-state index < -0.39 is 0 Å². The molecule has 0 saturated heterocycles. The van der Waals surface area contributed by atoms with Gasteiger partial charge in [-0.25, -0.2) is 0 Å². The lowest BCUT2D eigenvalue weighted by Crippen LogP contribution is -2.64. The monoisotopic (exact) mass is 283 g/mol. The molecule has 2 aliphatic rings. The van der Waals surface area contributed by atoms with Gasteiger partial charge in [0.15, 0.2) is 0 Å². The van der Waals surface area contributed by atoms with Crippen LogP contribution in [0.2, 0.25) is 0 Å². The van der Waals surface area contributed by atoms with Crippen molar-refractivity contribution in [3.05, 3.63) is 0 Å². The molecule has 2 rings (SSSR count). The van der Waals surface area contributed by atoms with E-state index in [1.165, 1.54) is 19.3 Å². The number of nitrogens with one attached hydrogen (secondary N) is 1. The second-order valence-corrected chi connectivity index (χ2v) is 7.80. The highest BCUT2D eigenvalue weighted by Crippen LogP contribution is 2.43. The number of aliphatic hydroxyl groups is 1. The maximum absolute atomic E-state index is 10.2. The summed E-state index contributed by atoms with van der Waals surface area (Å²) in [5, 5.41) is 14.0. The highest BCUT2D eigenvalue weighted by atomic mass is 16.5. The zero-order valence-corrected chi connectivity index (χ0v) is 13.7. The molecule has 0 aliphatic heterocycles. The molecule has 0 spiro atoms. The Balaban J connectivity index is 1.82. The summed E-state index contributed by atoms with van der Waals surface area (Å²) in [6.45, 7) is 9.84. The Hall–Kier alpha value is -0.120. The Morgan fingerprint density at radius 3 is 2.55 bits per heavy atom. The molecule has 20 heavy (non-hydrogen) atoms. The van der Waals surface area contributed by atoms with E-state index >= 15 is 0 Å². The van der Waals surface area contributed by atoms with Crippen LogP contribution < -0.4 is 5.32 Å². The van der Waals surface area contributed by atoms with Crippen LogP contribution in [0.1, 0.15) is 66.2 Å². The van der Waals surface area contributed by atoms with Gasteiger partial charge in [-0.15, -0.1) is 0 Å². The third-order valence-electron chi connectivity index (χ3n) is 5.20. The number of hydrogen-bond donors (Lipinski definition) is 2. The van der Waals surface area contributed by atoms with E-state index in [0.717, 1.165) is 25.9 Å².